The summed E-state index contributed by atoms with van der Waals surface area (Å²) in [4.78, 5) is 57.1. The average molecular weight is 1350 g/mol. The number of alkyl halides is 9. The number of carbonyl (C=O) groups excluding carboxylic acids is 3. The highest BCUT2D eigenvalue weighted by atomic mass is 35.5. The molecule has 0 atom stereocenters. The standard InChI is InChI=1S/C21H16ClF3N2O3.C20H15ClF3N3O3.C15H15NO3.C5HCl2F3N2/c1-29-18-10-15(19(28)30-12-13-5-3-2-4-6-13)8-7-14(18)9-17-16(21(23,24)25)11-26-20(22)27-17;1-29-16-9-13(18(28)30-11-12-5-3-2-4-6-12)7-8-15(16)26-19-25-10-14(17(21)27-19)20(22,23)24;1-18-14-9-12(7-8-13(14)16)15(17)19-10-11-5-3-2-4-6-11;6-3-2(5(8,9)10)1-11-4(7)12-3/h2-8,10-11H,9,12H2,1H3;2-10H,11H2,1H3,(H,25,26,27);2-9H,10,16H2,1H3;1H. The lowest BCUT2D eigenvalue weighted by atomic mass is 10.0. The molecule has 0 aliphatic carbocycles. The van der Waals surface area contributed by atoms with Gasteiger partial charge in [0, 0.05) is 30.6 Å². The van der Waals surface area contributed by atoms with Crippen molar-refractivity contribution in [2.45, 2.75) is 44.8 Å². The number of ether oxygens (including phenoxy) is 6. The van der Waals surface area contributed by atoms with Crippen LogP contribution in [0.15, 0.2) is 164 Å². The second kappa shape index (κ2) is 32.8. The molecule has 0 fully saturated rings. The summed E-state index contributed by atoms with van der Waals surface area (Å²) in [7, 11) is 4.24. The summed E-state index contributed by atoms with van der Waals surface area (Å²) in [5.41, 5.74) is 6.87. The van der Waals surface area contributed by atoms with Crippen LogP contribution in [0.5, 0.6) is 17.2 Å². The number of anilines is 3. The molecule has 3 aromatic heterocycles. The third-order valence-corrected chi connectivity index (χ3v) is 12.8. The molecular formula is C61H47Cl4F9N8O9. The number of aromatic nitrogens is 6. The number of benzene rings is 6. The van der Waals surface area contributed by atoms with E-state index >= 15 is 0 Å². The topological polar surface area (TPSA) is 222 Å². The first-order chi connectivity index (χ1) is 43.2. The quantitative estimate of drug-likeness (QED) is 0.0229. The van der Waals surface area contributed by atoms with Crippen LogP contribution in [0.1, 0.15) is 75.7 Å². The van der Waals surface area contributed by atoms with Gasteiger partial charge in [-0.25, -0.2) is 44.3 Å². The molecule has 3 heterocycles. The van der Waals surface area contributed by atoms with E-state index in [-0.39, 0.29) is 71.1 Å². The lowest BCUT2D eigenvalue weighted by Gasteiger charge is -2.14. The summed E-state index contributed by atoms with van der Waals surface area (Å²) in [6, 6.07) is 41.4. The Hall–Kier alpha value is -9.50. The Balaban J connectivity index is 0.000000203. The first-order valence-corrected chi connectivity index (χ1v) is 27.3. The summed E-state index contributed by atoms with van der Waals surface area (Å²) in [6.07, 6.45) is -12.3. The van der Waals surface area contributed by atoms with Gasteiger partial charge in [-0.2, -0.15) is 39.5 Å². The summed E-state index contributed by atoms with van der Waals surface area (Å²) in [5.74, 6) is -0.764. The largest absolute Gasteiger partial charge is 0.496 e. The van der Waals surface area contributed by atoms with E-state index in [1.165, 1.54) is 57.7 Å². The Labute approximate surface area is 532 Å². The van der Waals surface area contributed by atoms with Crippen LogP contribution in [0.4, 0.5) is 56.8 Å². The van der Waals surface area contributed by atoms with E-state index in [0.717, 1.165) is 16.7 Å². The molecule has 9 aromatic rings. The number of halogens is 13. The molecule has 9 rings (SSSR count). The minimum atomic E-state index is -4.66. The first kappa shape index (κ1) is 70.6. The van der Waals surface area contributed by atoms with Crippen molar-refractivity contribution in [2.24, 2.45) is 0 Å². The number of nitrogens with one attached hydrogen (secondary N) is 1. The minimum absolute atomic E-state index is 0.0954. The van der Waals surface area contributed by atoms with Crippen molar-refractivity contribution >= 4 is 81.6 Å². The van der Waals surface area contributed by atoms with Crippen LogP contribution in [0.3, 0.4) is 0 Å². The smallest absolute Gasteiger partial charge is 0.420 e. The summed E-state index contributed by atoms with van der Waals surface area (Å²) >= 11 is 21.6. The van der Waals surface area contributed by atoms with Gasteiger partial charge in [-0.15, -0.1) is 0 Å². The Morgan fingerprint density at radius 2 is 0.846 bits per heavy atom. The zero-order chi connectivity index (χ0) is 66.5. The lowest BCUT2D eigenvalue weighted by Crippen LogP contribution is -2.13. The van der Waals surface area contributed by atoms with Gasteiger partial charge in [0.15, 0.2) is 0 Å². The van der Waals surface area contributed by atoms with E-state index < -0.39 is 63.4 Å². The van der Waals surface area contributed by atoms with Crippen LogP contribution in [0.25, 0.3) is 0 Å². The molecule has 17 nitrogen and oxygen atoms in total. The molecule has 91 heavy (non-hydrogen) atoms. The molecule has 476 valence electrons. The molecule has 6 aromatic carbocycles. The van der Waals surface area contributed by atoms with Gasteiger partial charge in [-0.3, -0.25) is 0 Å². The van der Waals surface area contributed by atoms with Gasteiger partial charge in [0.25, 0.3) is 0 Å². The molecule has 0 saturated carbocycles. The van der Waals surface area contributed by atoms with Crippen LogP contribution in [-0.2, 0) is 59.0 Å². The molecule has 3 N–H and O–H groups in total. The van der Waals surface area contributed by atoms with Crippen molar-refractivity contribution in [3.05, 3.63) is 246 Å². The van der Waals surface area contributed by atoms with Crippen molar-refractivity contribution in [3.63, 3.8) is 0 Å². The predicted molar refractivity (Wildman–Crippen MR) is 317 cm³/mol. The second-order valence-corrected chi connectivity index (χ2v) is 19.5. The summed E-state index contributed by atoms with van der Waals surface area (Å²) < 4.78 is 145. The van der Waals surface area contributed by atoms with E-state index in [1.54, 1.807) is 18.2 Å². The maximum atomic E-state index is 13.2. The number of carbonyl (C=O) groups is 3. The van der Waals surface area contributed by atoms with E-state index in [1.807, 2.05) is 91.0 Å². The molecule has 0 aliphatic rings. The number of methoxy groups -OCH3 is 3. The highest BCUT2D eigenvalue weighted by molar-refractivity contribution is 6.32. The van der Waals surface area contributed by atoms with Crippen molar-refractivity contribution in [3.8, 4) is 17.2 Å². The zero-order valence-electron chi connectivity index (χ0n) is 47.3. The van der Waals surface area contributed by atoms with Crippen LogP contribution in [0, 0.1) is 0 Å². The van der Waals surface area contributed by atoms with Gasteiger partial charge in [0.1, 0.15) is 58.5 Å². The third-order valence-electron chi connectivity index (χ3n) is 11.9. The predicted octanol–water partition coefficient (Wildman–Crippen LogP) is 15.8. The Bertz CT molecular complexity index is 3920. The van der Waals surface area contributed by atoms with E-state index in [4.69, 9.17) is 80.6 Å². The highest BCUT2D eigenvalue weighted by Crippen LogP contribution is 2.37. The van der Waals surface area contributed by atoms with E-state index in [9.17, 15) is 53.9 Å². The number of nitrogens with zero attached hydrogens (tertiary/aromatic N) is 6. The van der Waals surface area contributed by atoms with Gasteiger partial charge in [-0.1, -0.05) is 120 Å². The molecule has 0 spiro atoms. The third kappa shape index (κ3) is 21.6. The fraction of sp³-hybridized carbons (Fsp3) is 0.164. The Morgan fingerprint density at radius 1 is 0.462 bits per heavy atom. The lowest BCUT2D eigenvalue weighted by molar-refractivity contribution is -0.139. The first-order valence-electron chi connectivity index (χ1n) is 25.8. The zero-order valence-corrected chi connectivity index (χ0v) is 50.3. The number of nitrogens with two attached hydrogens (primary N) is 1. The maximum absolute atomic E-state index is 13.2. The molecule has 0 unspecified atom stereocenters. The number of hydrogen-bond donors (Lipinski definition) is 2. The Morgan fingerprint density at radius 3 is 1.27 bits per heavy atom. The fourth-order valence-corrected chi connectivity index (χ4v) is 8.20. The molecular weight excluding hydrogens is 1300 g/mol. The molecule has 0 aliphatic heterocycles. The van der Waals surface area contributed by atoms with Gasteiger partial charge >= 0.3 is 36.4 Å². The number of rotatable bonds is 16. The van der Waals surface area contributed by atoms with Gasteiger partial charge < -0.3 is 39.5 Å². The van der Waals surface area contributed by atoms with Crippen molar-refractivity contribution in [2.75, 3.05) is 32.4 Å². The normalized spacial score (nSPS) is 11.0. The van der Waals surface area contributed by atoms with E-state index in [2.05, 4.69) is 35.2 Å². The molecule has 30 heteroatoms. The van der Waals surface area contributed by atoms with Crippen LogP contribution >= 0.6 is 46.4 Å². The van der Waals surface area contributed by atoms with Gasteiger partial charge in [0.2, 0.25) is 16.5 Å². The summed E-state index contributed by atoms with van der Waals surface area (Å²) in [5, 5.41) is 0.682. The second-order valence-electron chi connectivity index (χ2n) is 18.1. The number of hydrogen-bond acceptors (Lipinski definition) is 17. The van der Waals surface area contributed by atoms with Crippen molar-refractivity contribution < 1.29 is 82.3 Å². The Kier molecular flexibility index (Phi) is 25.5. The highest BCUT2D eigenvalue weighted by Gasteiger charge is 2.37. The maximum Gasteiger partial charge on any atom is 0.420 e. The van der Waals surface area contributed by atoms with E-state index in [0.29, 0.717) is 46.8 Å². The van der Waals surface area contributed by atoms with Crippen LogP contribution in [-0.4, -0.2) is 69.1 Å². The van der Waals surface area contributed by atoms with Crippen molar-refractivity contribution in [1.82, 2.24) is 29.9 Å². The van der Waals surface area contributed by atoms with Crippen molar-refractivity contribution in [1.29, 1.82) is 0 Å². The van der Waals surface area contributed by atoms with Crippen LogP contribution in [0.2, 0.25) is 20.9 Å². The SMILES string of the molecule is COc1cc(C(=O)OCc2ccccc2)ccc1Cc1nc(Cl)ncc1C(F)(F)F.COc1cc(C(=O)OCc2ccccc2)ccc1N.COc1cc(C(=O)OCc2ccccc2)ccc1Nc1ncc(C(F)(F)F)c(Cl)n1.FC(F)(F)c1cnc(Cl)nc1Cl. The number of nitrogen functional groups attached to an aromatic ring is 1. The number of esters is 3. The molecule has 0 amide bonds. The van der Waals surface area contributed by atoms with Gasteiger partial charge in [0.05, 0.1) is 60.7 Å². The molecule has 0 radical (unpaired) electrons. The molecule has 0 bridgehead atoms. The monoisotopic (exact) mass is 1350 g/mol. The minimum Gasteiger partial charge on any atom is -0.496 e. The average Bonchev–Trinajstić information content (AvgIpc) is 1.42. The fourth-order valence-electron chi connectivity index (χ4n) is 7.40. The summed E-state index contributed by atoms with van der Waals surface area (Å²) in [6.45, 7) is 0.449. The molecule has 0 saturated heterocycles. The van der Waals surface area contributed by atoms with Gasteiger partial charge in [-0.05, 0) is 88.4 Å². The van der Waals surface area contributed by atoms with Crippen LogP contribution < -0.4 is 25.3 Å².